The first-order chi connectivity index (χ1) is 15.1. The fourth-order valence-corrected chi connectivity index (χ4v) is 3.61. The van der Waals surface area contributed by atoms with E-state index >= 15 is 0 Å². The maximum Gasteiger partial charge on any atom is 0.266 e. The lowest BCUT2D eigenvalue weighted by molar-refractivity contribution is 0.0899. The number of anilines is 1. The number of amides is 2. The Bertz CT molecular complexity index is 1250. The van der Waals surface area contributed by atoms with E-state index in [4.69, 9.17) is 4.74 Å². The molecule has 0 fully saturated rings. The van der Waals surface area contributed by atoms with E-state index in [0.717, 1.165) is 15.9 Å². The lowest BCUT2D eigenvalue weighted by atomic mass is 10.1. The highest BCUT2D eigenvalue weighted by Gasteiger charge is 2.36. The molecule has 154 valence electrons. The lowest BCUT2D eigenvalue weighted by Gasteiger charge is -2.16. The van der Waals surface area contributed by atoms with E-state index in [1.165, 1.54) is 0 Å². The predicted molar refractivity (Wildman–Crippen MR) is 113 cm³/mol. The summed E-state index contributed by atoms with van der Waals surface area (Å²) >= 11 is 0. The maximum atomic E-state index is 12.6. The second-order valence-corrected chi connectivity index (χ2v) is 7.21. The van der Waals surface area contributed by atoms with E-state index in [1.807, 2.05) is 24.3 Å². The zero-order valence-electron chi connectivity index (χ0n) is 16.4. The molecule has 0 saturated heterocycles. The standard InChI is InChI=1S/C23H18N4O4/c28-16(13-26-21-8-4-3-7-20(21)24-25-26)14-31-17-11-9-15(10-12-17)27-22(29)18-5-1-2-6-19(18)23(27)30/h1-12,16,28H,13-14H2. The first-order valence-electron chi connectivity index (χ1n) is 9.79. The van der Waals surface area contributed by atoms with E-state index in [1.54, 1.807) is 53.2 Å². The predicted octanol–water partition coefficient (Wildman–Crippen LogP) is 2.67. The van der Waals surface area contributed by atoms with Crippen LogP contribution in [0.2, 0.25) is 0 Å². The molecular weight excluding hydrogens is 396 g/mol. The molecule has 2 amide bonds. The third-order valence-corrected chi connectivity index (χ3v) is 5.14. The molecule has 1 aliphatic heterocycles. The van der Waals surface area contributed by atoms with Gasteiger partial charge >= 0.3 is 0 Å². The van der Waals surface area contributed by atoms with Gasteiger partial charge in [0.15, 0.2) is 0 Å². The minimum Gasteiger partial charge on any atom is -0.491 e. The number of fused-ring (bicyclic) bond motifs is 2. The Balaban J connectivity index is 1.23. The normalized spacial score (nSPS) is 14.2. The van der Waals surface area contributed by atoms with Gasteiger partial charge in [-0.1, -0.05) is 29.5 Å². The monoisotopic (exact) mass is 414 g/mol. The van der Waals surface area contributed by atoms with Gasteiger partial charge in [0.05, 0.1) is 28.9 Å². The number of para-hydroxylation sites is 1. The number of hydrogen-bond acceptors (Lipinski definition) is 6. The first-order valence-corrected chi connectivity index (χ1v) is 9.79. The summed E-state index contributed by atoms with van der Waals surface area (Å²) in [7, 11) is 0. The van der Waals surface area contributed by atoms with E-state index in [9.17, 15) is 14.7 Å². The van der Waals surface area contributed by atoms with Gasteiger partial charge in [-0.2, -0.15) is 0 Å². The van der Waals surface area contributed by atoms with Crippen LogP contribution in [0.3, 0.4) is 0 Å². The molecule has 1 aliphatic rings. The highest BCUT2D eigenvalue weighted by atomic mass is 16.5. The third-order valence-electron chi connectivity index (χ3n) is 5.14. The van der Waals surface area contributed by atoms with Crippen LogP contribution in [0.25, 0.3) is 11.0 Å². The Morgan fingerprint density at radius 2 is 1.52 bits per heavy atom. The molecule has 1 atom stereocenters. The fraction of sp³-hybridized carbons (Fsp3) is 0.130. The van der Waals surface area contributed by atoms with Crippen molar-refractivity contribution >= 4 is 28.5 Å². The van der Waals surface area contributed by atoms with Crippen molar-refractivity contribution in [3.8, 4) is 5.75 Å². The summed E-state index contributed by atoms with van der Waals surface area (Å²) in [6.45, 7) is 0.300. The smallest absolute Gasteiger partial charge is 0.266 e. The molecule has 3 aromatic carbocycles. The summed E-state index contributed by atoms with van der Waals surface area (Å²) in [5, 5.41) is 18.5. The Kier molecular flexibility index (Phi) is 4.68. The van der Waals surface area contributed by atoms with Gasteiger partial charge in [-0.25, -0.2) is 9.58 Å². The van der Waals surface area contributed by atoms with Gasteiger partial charge in [0.2, 0.25) is 0 Å². The van der Waals surface area contributed by atoms with Crippen molar-refractivity contribution < 1.29 is 19.4 Å². The highest BCUT2D eigenvalue weighted by Crippen LogP contribution is 2.29. The number of benzene rings is 3. The summed E-state index contributed by atoms with van der Waals surface area (Å²) in [5.41, 5.74) is 2.87. The summed E-state index contributed by atoms with van der Waals surface area (Å²) in [6.07, 6.45) is -0.791. The maximum absolute atomic E-state index is 12.6. The Morgan fingerprint density at radius 3 is 2.23 bits per heavy atom. The number of ether oxygens (including phenoxy) is 1. The van der Waals surface area contributed by atoms with Gasteiger partial charge in [0, 0.05) is 0 Å². The average molecular weight is 414 g/mol. The molecule has 0 spiro atoms. The van der Waals surface area contributed by atoms with Gasteiger partial charge in [-0.15, -0.1) is 5.10 Å². The number of nitrogens with zero attached hydrogens (tertiary/aromatic N) is 4. The minimum absolute atomic E-state index is 0.0561. The Hall–Kier alpha value is -4.04. The summed E-state index contributed by atoms with van der Waals surface area (Å²) < 4.78 is 7.30. The van der Waals surface area contributed by atoms with Crippen LogP contribution in [0.1, 0.15) is 20.7 Å². The fourth-order valence-electron chi connectivity index (χ4n) is 3.61. The Morgan fingerprint density at radius 1 is 0.871 bits per heavy atom. The van der Waals surface area contributed by atoms with Gasteiger partial charge in [0.1, 0.15) is 24.0 Å². The summed E-state index contributed by atoms with van der Waals surface area (Å²) in [4.78, 5) is 26.3. The third kappa shape index (κ3) is 3.43. The second kappa shape index (κ2) is 7.66. The number of carbonyl (C=O) groups excluding carboxylic acids is 2. The molecule has 0 radical (unpaired) electrons. The molecule has 0 saturated carbocycles. The van der Waals surface area contributed by atoms with Gasteiger partial charge in [-0.3, -0.25) is 9.59 Å². The van der Waals surface area contributed by atoms with Crippen LogP contribution >= 0.6 is 0 Å². The van der Waals surface area contributed by atoms with Crippen molar-refractivity contribution in [2.24, 2.45) is 0 Å². The number of hydrogen-bond donors (Lipinski definition) is 1. The van der Waals surface area contributed by atoms with Crippen LogP contribution in [0.15, 0.2) is 72.8 Å². The topological polar surface area (TPSA) is 97.6 Å². The van der Waals surface area contributed by atoms with E-state index in [0.29, 0.717) is 22.6 Å². The number of rotatable bonds is 6. The molecule has 0 bridgehead atoms. The Labute approximate surface area is 177 Å². The van der Waals surface area contributed by atoms with Gasteiger partial charge < -0.3 is 9.84 Å². The van der Waals surface area contributed by atoms with Crippen molar-refractivity contribution in [3.05, 3.63) is 83.9 Å². The minimum atomic E-state index is -0.791. The van der Waals surface area contributed by atoms with Gasteiger partial charge in [-0.05, 0) is 48.5 Å². The highest BCUT2D eigenvalue weighted by molar-refractivity contribution is 6.34. The zero-order valence-corrected chi connectivity index (χ0v) is 16.4. The molecule has 5 rings (SSSR count). The lowest BCUT2D eigenvalue weighted by Crippen LogP contribution is -2.29. The molecule has 8 nitrogen and oxygen atoms in total. The van der Waals surface area contributed by atoms with E-state index in [2.05, 4.69) is 10.3 Å². The van der Waals surface area contributed by atoms with Gasteiger partial charge in [0.25, 0.3) is 11.8 Å². The van der Waals surface area contributed by atoms with E-state index < -0.39 is 6.10 Å². The van der Waals surface area contributed by atoms with Crippen LogP contribution in [0, 0.1) is 0 Å². The molecule has 8 heteroatoms. The molecule has 1 aromatic heterocycles. The molecule has 2 heterocycles. The largest absolute Gasteiger partial charge is 0.491 e. The molecule has 1 unspecified atom stereocenters. The van der Waals surface area contributed by atoms with Crippen LogP contribution in [0.5, 0.6) is 5.75 Å². The molecule has 0 aliphatic carbocycles. The zero-order chi connectivity index (χ0) is 21.4. The first kappa shape index (κ1) is 19.0. The SMILES string of the molecule is O=C1c2ccccc2C(=O)N1c1ccc(OCC(O)Cn2nnc3ccccc32)cc1. The number of aromatic nitrogens is 3. The van der Waals surface area contributed by atoms with Crippen LogP contribution in [-0.2, 0) is 6.54 Å². The van der Waals surface area contributed by atoms with Crippen LogP contribution in [-0.4, -0.2) is 44.6 Å². The van der Waals surface area contributed by atoms with Crippen LogP contribution < -0.4 is 9.64 Å². The molecule has 1 N–H and O–H groups in total. The van der Waals surface area contributed by atoms with Crippen molar-refractivity contribution in [2.75, 3.05) is 11.5 Å². The van der Waals surface area contributed by atoms with Crippen molar-refractivity contribution in [1.82, 2.24) is 15.0 Å². The average Bonchev–Trinajstić information content (AvgIpc) is 3.32. The van der Waals surface area contributed by atoms with Crippen molar-refractivity contribution in [1.29, 1.82) is 0 Å². The number of carbonyl (C=O) groups is 2. The summed E-state index contributed by atoms with van der Waals surface area (Å²) in [6, 6.07) is 20.9. The van der Waals surface area contributed by atoms with Crippen LogP contribution in [0.4, 0.5) is 5.69 Å². The number of imide groups is 1. The van der Waals surface area contributed by atoms with Crippen molar-refractivity contribution in [3.63, 3.8) is 0 Å². The molecule has 4 aromatic rings. The number of aliphatic hydroxyl groups excluding tert-OH is 1. The molecular formula is C23H18N4O4. The van der Waals surface area contributed by atoms with Crippen molar-refractivity contribution in [2.45, 2.75) is 12.6 Å². The van der Waals surface area contributed by atoms with E-state index in [-0.39, 0.29) is 25.0 Å². The number of aliphatic hydroxyl groups is 1. The molecule has 31 heavy (non-hydrogen) atoms. The quantitative estimate of drug-likeness (QED) is 0.487. The second-order valence-electron chi connectivity index (χ2n) is 7.21. The summed E-state index contributed by atoms with van der Waals surface area (Å²) in [5.74, 6) is -0.169.